The maximum atomic E-state index is 13.3. The van der Waals surface area contributed by atoms with E-state index >= 15 is 0 Å². The zero-order valence-corrected chi connectivity index (χ0v) is 8.30. The highest BCUT2D eigenvalue weighted by molar-refractivity contribution is 5.40. The van der Waals surface area contributed by atoms with Crippen LogP contribution in [0, 0.1) is 17.6 Å². The third-order valence-electron chi connectivity index (χ3n) is 2.82. The van der Waals surface area contributed by atoms with Crippen LogP contribution in [-0.2, 0) is 0 Å². The van der Waals surface area contributed by atoms with Gasteiger partial charge < -0.3 is 4.90 Å². The van der Waals surface area contributed by atoms with Gasteiger partial charge in [0.1, 0.15) is 0 Å². The zero-order valence-electron chi connectivity index (χ0n) is 8.30. The highest BCUT2D eigenvalue weighted by Gasteiger charge is 2.26. The van der Waals surface area contributed by atoms with E-state index in [1.807, 2.05) is 0 Å². The van der Waals surface area contributed by atoms with Gasteiger partial charge in [0.2, 0.25) is 0 Å². The monoisotopic (exact) mass is 216 g/mol. The van der Waals surface area contributed by atoms with Gasteiger partial charge in [-0.3, -0.25) is 0 Å². The molecule has 0 saturated heterocycles. The average Bonchev–Trinajstić information content (AvgIpc) is 2.08. The fraction of sp³-hybridized carbons (Fsp3) is 0.500. The van der Waals surface area contributed by atoms with Gasteiger partial charge in [-0.1, -0.05) is 0 Å². The van der Waals surface area contributed by atoms with Gasteiger partial charge in [0.05, 0.1) is 0 Å². The molecule has 0 bridgehead atoms. The van der Waals surface area contributed by atoms with Gasteiger partial charge in [0.15, 0.2) is 17.5 Å². The molecule has 1 aliphatic carbocycles. The number of anilines is 1. The molecule has 15 heavy (non-hydrogen) atoms. The molecular weight excluding hydrogens is 205 g/mol. The molecule has 0 N–H and O–H groups in total. The Morgan fingerprint density at radius 3 is 2.47 bits per heavy atom. The van der Waals surface area contributed by atoms with Crippen molar-refractivity contribution in [3.8, 4) is 0 Å². The number of aromatic nitrogens is 1. The lowest BCUT2D eigenvalue weighted by molar-refractivity contribution is 0.390. The highest BCUT2D eigenvalue weighted by Crippen LogP contribution is 2.28. The van der Waals surface area contributed by atoms with Crippen LogP contribution in [-0.4, -0.2) is 18.1 Å². The smallest absolute Gasteiger partial charge is 0.251 e. The maximum absolute atomic E-state index is 13.3. The summed E-state index contributed by atoms with van der Waals surface area (Å²) in [4.78, 5) is 4.86. The first-order chi connectivity index (χ1) is 7.09. The van der Waals surface area contributed by atoms with Crippen LogP contribution in [0.4, 0.5) is 19.0 Å². The molecule has 0 aliphatic heterocycles. The SMILES string of the molecule is CN(c1nc(F)c(F)cc1F)C1CCC1. The van der Waals surface area contributed by atoms with Gasteiger partial charge in [-0.05, 0) is 19.3 Å². The summed E-state index contributed by atoms with van der Waals surface area (Å²) >= 11 is 0. The number of nitrogens with zero attached hydrogens (tertiary/aromatic N) is 2. The lowest BCUT2D eigenvalue weighted by atomic mass is 9.92. The molecule has 1 saturated carbocycles. The first kappa shape index (κ1) is 10.3. The molecule has 2 rings (SSSR count). The van der Waals surface area contributed by atoms with Crippen LogP contribution in [0.2, 0.25) is 0 Å². The fourth-order valence-electron chi connectivity index (χ4n) is 1.63. The Morgan fingerprint density at radius 1 is 1.27 bits per heavy atom. The molecule has 1 aromatic heterocycles. The van der Waals surface area contributed by atoms with Gasteiger partial charge >= 0.3 is 0 Å². The average molecular weight is 216 g/mol. The number of halogens is 3. The zero-order chi connectivity index (χ0) is 11.0. The molecule has 0 aromatic carbocycles. The number of hydrogen-bond acceptors (Lipinski definition) is 2. The van der Waals surface area contributed by atoms with Crippen molar-refractivity contribution in [1.82, 2.24) is 4.98 Å². The van der Waals surface area contributed by atoms with Gasteiger partial charge in [0, 0.05) is 19.2 Å². The molecule has 2 nitrogen and oxygen atoms in total. The van der Waals surface area contributed by atoms with E-state index < -0.39 is 17.6 Å². The van der Waals surface area contributed by atoms with Crippen molar-refractivity contribution in [2.24, 2.45) is 0 Å². The molecule has 0 spiro atoms. The van der Waals surface area contributed by atoms with Crippen LogP contribution in [0.15, 0.2) is 6.07 Å². The second-order valence-corrected chi connectivity index (χ2v) is 3.76. The molecule has 0 amide bonds. The van der Waals surface area contributed by atoms with Crippen molar-refractivity contribution < 1.29 is 13.2 Å². The van der Waals surface area contributed by atoms with E-state index in [1.54, 1.807) is 11.9 Å². The molecule has 0 radical (unpaired) electrons. The minimum Gasteiger partial charge on any atom is -0.354 e. The quantitative estimate of drug-likeness (QED) is 0.706. The van der Waals surface area contributed by atoms with Crippen LogP contribution in [0.25, 0.3) is 0 Å². The summed E-state index contributed by atoms with van der Waals surface area (Å²) < 4.78 is 38.7. The Labute approximate surface area is 85.7 Å². The lowest BCUT2D eigenvalue weighted by Crippen LogP contribution is -2.38. The summed E-state index contributed by atoms with van der Waals surface area (Å²) in [5.74, 6) is -3.43. The first-order valence-electron chi connectivity index (χ1n) is 4.84. The topological polar surface area (TPSA) is 16.1 Å². The Kier molecular flexibility index (Phi) is 2.54. The first-order valence-corrected chi connectivity index (χ1v) is 4.84. The van der Waals surface area contributed by atoms with Crippen LogP contribution in [0.3, 0.4) is 0 Å². The number of pyridine rings is 1. The van der Waals surface area contributed by atoms with Crippen molar-refractivity contribution in [3.05, 3.63) is 23.6 Å². The largest absolute Gasteiger partial charge is 0.354 e. The Balaban J connectivity index is 2.30. The number of rotatable bonds is 2. The molecule has 5 heteroatoms. The fourth-order valence-corrected chi connectivity index (χ4v) is 1.63. The summed E-state index contributed by atoms with van der Waals surface area (Å²) in [6.45, 7) is 0. The van der Waals surface area contributed by atoms with E-state index in [0.29, 0.717) is 6.07 Å². The minimum absolute atomic E-state index is 0.112. The van der Waals surface area contributed by atoms with Crippen molar-refractivity contribution >= 4 is 5.82 Å². The van der Waals surface area contributed by atoms with Gasteiger partial charge in [-0.2, -0.15) is 9.37 Å². The second kappa shape index (κ2) is 3.72. The summed E-state index contributed by atoms with van der Waals surface area (Å²) in [5, 5.41) is 0. The predicted octanol–water partition coefficient (Wildman–Crippen LogP) is 2.49. The third-order valence-corrected chi connectivity index (χ3v) is 2.82. The predicted molar refractivity (Wildman–Crippen MR) is 50.2 cm³/mol. The van der Waals surface area contributed by atoms with Crippen molar-refractivity contribution in [2.75, 3.05) is 11.9 Å². The molecule has 0 atom stereocenters. The standard InChI is InChI=1S/C10H11F3N2/c1-15(6-3-2-4-6)10-8(12)5-7(11)9(13)14-10/h5-6H,2-4H2,1H3. The molecule has 0 unspecified atom stereocenters. The van der Waals surface area contributed by atoms with Crippen LogP contribution < -0.4 is 4.90 Å². The van der Waals surface area contributed by atoms with Gasteiger partial charge in [0.25, 0.3) is 5.95 Å². The molecular formula is C10H11F3N2. The maximum Gasteiger partial charge on any atom is 0.251 e. The lowest BCUT2D eigenvalue weighted by Gasteiger charge is -2.35. The Morgan fingerprint density at radius 2 is 1.93 bits per heavy atom. The van der Waals surface area contributed by atoms with Crippen molar-refractivity contribution in [2.45, 2.75) is 25.3 Å². The van der Waals surface area contributed by atoms with Crippen LogP contribution in [0.5, 0.6) is 0 Å². The molecule has 82 valence electrons. The summed E-state index contributed by atoms with van der Waals surface area (Å²) in [6.07, 6.45) is 2.97. The van der Waals surface area contributed by atoms with E-state index in [0.717, 1.165) is 19.3 Å². The molecule has 1 aromatic rings. The van der Waals surface area contributed by atoms with Crippen LogP contribution >= 0.6 is 0 Å². The van der Waals surface area contributed by atoms with E-state index in [4.69, 9.17) is 0 Å². The number of hydrogen-bond donors (Lipinski definition) is 0. The van der Waals surface area contributed by atoms with E-state index in [-0.39, 0.29) is 11.9 Å². The van der Waals surface area contributed by atoms with Crippen molar-refractivity contribution in [1.29, 1.82) is 0 Å². The Bertz CT molecular complexity index is 377. The van der Waals surface area contributed by atoms with Crippen LogP contribution in [0.1, 0.15) is 19.3 Å². The Hall–Kier alpha value is -1.26. The molecule has 1 aliphatic rings. The summed E-state index contributed by atoms with van der Waals surface area (Å²) in [6, 6.07) is 0.726. The summed E-state index contributed by atoms with van der Waals surface area (Å²) in [7, 11) is 1.65. The third kappa shape index (κ3) is 1.78. The van der Waals surface area contributed by atoms with Gasteiger partial charge in [-0.15, -0.1) is 0 Å². The van der Waals surface area contributed by atoms with Crippen molar-refractivity contribution in [3.63, 3.8) is 0 Å². The van der Waals surface area contributed by atoms with E-state index in [9.17, 15) is 13.2 Å². The summed E-state index contributed by atoms with van der Waals surface area (Å²) in [5.41, 5.74) is 0. The minimum atomic E-state index is -1.25. The van der Waals surface area contributed by atoms with Gasteiger partial charge in [-0.25, -0.2) is 8.78 Å². The molecule has 1 fully saturated rings. The van der Waals surface area contributed by atoms with E-state index in [2.05, 4.69) is 4.98 Å². The second-order valence-electron chi connectivity index (χ2n) is 3.76. The highest BCUT2D eigenvalue weighted by atomic mass is 19.2. The normalized spacial score (nSPS) is 16.3. The van der Waals surface area contributed by atoms with E-state index in [1.165, 1.54) is 0 Å². The molecule has 1 heterocycles.